The molecule has 76 valence electrons. The molecule has 0 amide bonds. The van der Waals surface area contributed by atoms with Crippen molar-refractivity contribution in [1.29, 1.82) is 0 Å². The first-order chi connectivity index (χ1) is 6.54. The summed E-state index contributed by atoms with van der Waals surface area (Å²) in [6, 6.07) is 0. The molecule has 0 aliphatic heterocycles. The van der Waals surface area contributed by atoms with Crippen LogP contribution in [0.2, 0.25) is 0 Å². The normalized spacial score (nSPS) is 10.7. The van der Waals surface area contributed by atoms with E-state index in [1.165, 1.54) is 12.5 Å². The van der Waals surface area contributed by atoms with Crippen molar-refractivity contribution < 1.29 is 8.42 Å². The lowest BCUT2D eigenvalue weighted by Crippen LogP contribution is -1.93. The van der Waals surface area contributed by atoms with Gasteiger partial charge in [0.15, 0.2) is 5.03 Å². The Bertz CT molecular complexity index is 467. The first-order valence-electron chi connectivity index (χ1n) is 3.90. The number of aromatic nitrogens is 2. The molecule has 0 aliphatic rings. The van der Waals surface area contributed by atoms with E-state index in [1.807, 2.05) is 0 Å². The topological polar surface area (TPSA) is 52.0 Å². The van der Waals surface area contributed by atoms with E-state index in [2.05, 4.69) is 16.8 Å². The number of hydrogen-bond acceptors (Lipinski definition) is 3. The lowest BCUT2D eigenvalue weighted by atomic mass is 10.4. The number of aryl methyl sites for hydroxylation is 1. The SMILES string of the molecule is CC#CCCn1cnc(S(=O)(=O)Cl)c1. The van der Waals surface area contributed by atoms with Crippen molar-refractivity contribution >= 4 is 19.7 Å². The maximum atomic E-state index is 10.8. The van der Waals surface area contributed by atoms with E-state index in [-0.39, 0.29) is 5.03 Å². The van der Waals surface area contributed by atoms with Crippen molar-refractivity contribution in [1.82, 2.24) is 9.55 Å². The van der Waals surface area contributed by atoms with Gasteiger partial charge in [-0.25, -0.2) is 13.4 Å². The number of imidazole rings is 1. The van der Waals surface area contributed by atoms with Crippen LogP contribution in [-0.2, 0) is 15.6 Å². The molecule has 0 saturated carbocycles. The molecule has 0 fully saturated rings. The quantitative estimate of drug-likeness (QED) is 0.582. The fraction of sp³-hybridized carbons (Fsp3) is 0.375. The standard InChI is InChI=1S/C8H9ClN2O2S/c1-2-3-4-5-11-6-8(10-7-11)14(9,12)13/h6-7H,4-5H2,1H3. The van der Waals surface area contributed by atoms with Gasteiger partial charge < -0.3 is 4.57 Å². The lowest BCUT2D eigenvalue weighted by Gasteiger charge is -1.94. The van der Waals surface area contributed by atoms with Crippen LogP contribution in [0.15, 0.2) is 17.6 Å². The van der Waals surface area contributed by atoms with E-state index in [0.29, 0.717) is 13.0 Å². The second-order valence-electron chi connectivity index (χ2n) is 2.56. The molecule has 14 heavy (non-hydrogen) atoms. The second-order valence-corrected chi connectivity index (χ2v) is 5.08. The molecule has 1 aromatic rings. The predicted molar refractivity (Wildman–Crippen MR) is 53.3 cm³/mol. The molecule has 0 unspecified atom stereocenters. The van der Waals surface area contributed by atoms with Gasteiger partial charge in [0, 0.05) is 29.8 Å². The maximum Gasteiger partial charge on any atom is 0.280 e. The molecule has 0 N–H and O–H groups in total. The van der Waals surface area contributed by atoms with E-state index in [1.54, 1.807) is 11.5 Å². The molecule has 0 radical (unpaired) electrons. The fourth-order valence-corrected chi connectivity index (χ4v) is 1.57. The van der Waals surface area contributed by atoms with E-state index < -0.39 is 9.05 Å². The molecular formula is C8H9ClN2O2S. The van der Waals surface area contributed by atoms with Crippen molar-refractivity contribution in [3.8, 4) is 11.8 Å². The third kappa shape index (κ3) is 3.05. The van der Waals surface area contributed by atoms with Crippen LogP contribution in [-0.4, -0.2) is 18.0 Å². The first-order valence-corrected chi connectivity index (χ1v) is 6.21. The largest absolute Gasteiger partial charge is 0.335 e. The monoisotopic (exact) mass is 232 g/mol. The molecule has 0 saturated heterocycles. The van der Waals surface area contributed by atoms with E-state index >= 15 is 0 Å². The molecule has 0 aromatic carbocycles. The Hall–Kier alpha value is -0.990. The van der Waals surface area contributed by atoms with E-state index in [0.717, 1.165) is 0 Å². The summed E-state index contributed by atoms with van der Waals surface area (Å²) in [6.07, 6.45) is 3.47. The van der Waals surface area contributed by atoms with Gasteiger partial charge in [-0.3, -0.25) is 0 Å². The molecular weight excluding hydrogens is 224 g/mol. The zero-order valence-electron chi connectivity index (χ0n) is 7.57. The highest BCUT2D eigenvalue weighted by Crippen LogP contribution is 2.11. The van der Waals surface area contributed by atoms with Crippen LogP contribution < -0.4 is 0 Å². The van der Waals surface area contributed by atoms with Crippen molar-refractivity contribution in [2.24, 2.45) is 0 Å². The average Bonchev–Trinajstić information content (AvgIpc) is 2.52. The third-order valence-corrected chi connectivity index (χ3v) is 2.72. The van der Waals surface area contributed by atoms with Gasteiger partial charge in [-0.05, 0) is 6.92 Å². The summed E-state index contributed by atoms with van der Waals surface area (Å²) in [6.45, 7) is 2.36. The summed E-state index contributed by atoms with van der Waals surface area (Å²) >= 11 is 0. The second kappa shape index (κ2) is 4.49. The summed E-state index contributed by atoms with van der Waals surface area (Å²) in [4.78, 5) is 3.66. The van der Waals surface area contributed by atoms with E-state index in [4.69, 9.17) is 10.7 Å². The summed E-state index contributed by atoms with van der Waals surface area (Å²) in [7, 11) is 1.39. The Morgan fingerprint density at radius 3 is 2.86 bits per heavy atom. The van der Waals surface area contributed by atoms with Gasteiger partial charge in [0.05, 0.1) is 6.33 Å². The number of hydrogen-bond donors (Lipinski definition) is 0. The minimum atomic E-state index is -3.71. The first kappa shape index (κ1) is 11.1. The molecule has 1 heterocycles. The van der Waals surface area contributed by atoms with Gasteiger partial charge in [-0.2, -0.15) is 0 Å². The summed E-state index contributed by atoms with van der Waals surface area (Å²) in [5, 5.41) is -0.122. The molecule has 1 rings (SSSR count). The van der Waals surface area contributed by atoms with Crippen molar-refractivity contribution in [2.75, 3.05) is 0 Å². The van der Waals surface area contributed by atoms with E-state index in [9.17, 15) is 8.42 Å². The van der Waals surface area contributed by atoms with Crippen molar-refractivity contribution in [3.63, 3.8) is 0 Å². The number of halogens is 1. The Balaban J connectivity index is 2.72. The highest BCUT2D eigenvalue weighted by Gasteiger charge is 2.12. The molecule has 0 bridgehead atoms. The average molecular weight is 233 g/mol. The molecule has 0 aliphatic carbocycles. The minimum Gasteiger partial charge on any atom is -0.335 e. The van der Waals surface area contributed by atoms with Gasteiger partial charge in [-0.1, -0.05) is 0 Å². The van der Waals surface area contributed by atoms with Crippen LogP contribution in [0, 0.1) is 11.8 Å². The third-order valence-electron chi connectivity index (χ3n) is 1.53. The van der Waals surface area contributed by atoms with Crippen LogP contribution in [0.1, 0.15) is 13.3 Å². The zero-order valence-corrected chi connectivity index (χ0v) is 9.14. The van der Waals surface area contributed by atoms with Crippen molar-refractivity contribution in [2.45, 2.75) is 24.9 Å². The Labute approximate surface area is 87.3 Å². The van der Waals surface area contributed by atoms with Gasteiger partial charge in [-0.15, -0.1) is 11.8 Å². The lowest BCUT2D eigenvalue weighted by molar-refractivity contribution is 0.606. The summed E-state index contributed by atoms with van der Waals surface area (Å²) in [5.41, 5.74) is 0. The van der Waals surface area contributed by atoms with Crippen molar-refractivity contribution in [3.05, 3.63) is 12.5 Å². The van der Waals surface area contributed by atoms with Gasteiger partial charge in [0.1, 0.15) is 0 Å². The molecule has 6 heteroatoms. The zero-order chi connectivity index (χ0) is 10.6. The van der Waals surface area contributed by atoms with Crippen LogP contribution >= 0.6 is 10.7 Å². The van der Waals surface area contributed by atoms with Gasteiger partial charge in [0.25, 0.3) is 9.05 Å². The highest BCUT2D eigenvalue weighted by molar-refractivity contribution is 8.13. The van der Waals surface area contributed by atoms with Crippen LogP contribution in [0.5, 0.6) is 0 Å². The Morgan fingerprint density at radius 2 is 2.36 bits per heavy atom. The predicted octanol–water partition coefficient (Wildman–Crippen LogP) is 1.22. The van der Waals surface area contributed by atoms with Gasteiger partial charge in [0.2, 0.25) is 0 Å². The Kier molecular flexibility index (Phi) is 3.55. The summed E-state index contributed by atoms with van der Waals surface area (Å²) < 4.78 is 23.3. The number of rotatable bonds is 3. The smallest absolute Gasteiger partial charge is 0.280 e. The molecule has 0 atom stereocenters. The van der Waals surface area contributed by atoms with Gasteiger partial charge >= 0.3 is 0 Å². The summed E-state index contributed by atoms with van der Waals surface area (Å²) in [5.74, 6) is 5.61. The molecule has 4 nitrogen and oxygen atoms in total. The highest BCUT2D eigenvalue weighted by atomic mass is 35.7. The molecule has 1 aromatic heterocycles. The van der Waals surface area contributed by atoms with Crippen LogP contribution in [0.4, 0.5) is 0 Å². The van der Waals surface area contributed by atoms with Crippen LogP contribution in [0.25, 0.3) is 0 Å². The minimum absolute atomic E-state index is 0.122. The maximum absolute atomic E-state index is 10.8. The molecule has 0 spiro atoms. The fourth-order valence-electron chi connectivity index (χ4n) is 0.898. The van der Waals surface area contributed by atoms with Crippen LogP contribution in [0.3, 0.4) is 0 Å². The number of nitrogens with zero attached hydrogens (tertiary/aromatic N) is 2. The Morgan fingerprint density at radius 1 is 1.64 bits per heavy atom.